The van der Waals surface area contributed by atoms with E-state index < -0.39 is 0 Å². The van der Waals surface area contributed by atoms with Crippen molar-refractivity contribution < 1.29 is 14.3 Å². The molecule has 3 aromatic rings. The number of hydrogen-bond donors (Lipinski definition) is 3. The lowest BCUT2D eigenvalue weighted by Crippen LogP contribution is -2.20. The Morgan fingerprint density at radius 2 is 1.39 bits per heavy atom. The number of benzene rings is 3. The van der Waals surface area contributed by atoms with Gasteiger partial charge in [0.05, 0.1) is 7.11 Å². The molecule has 142 valence electrons. The Hall–Kier alpha value is -3.80. The molecule has 0 aliphatic heterocycles. The van der Waals surface area contributed by atoms with Crippen LogP contribution in [0.25, 0.3) is 11.1 Å². The number of carbonyl (C=O) groups excluding carboxylic acids is 2. The summed E-state index contributed by atoms with van der Waals surface area (Å²) in [5, 5.41) is 8.08. The van der Waals surface area contributed by atoms with Crippen LogP contribution in [0.15, 0.2) is 72.8 Å². The van der Waals surface area contributed by atoms with Crippen LogP contribution in [0.1, 0.15) is 10.4 Å². The van der Waals surface area contributed by atoms with Crippen LogP contribution in [0.5, 0.6) is 5.75 Å². The van der Waals surface area contributed by atoms with Crippen LogP contribution in [0, 0.1) is 0 Å². The van der Waals surface area contributed by atoms with Gasteiger partial charge >= 0.3 is 6.03 Å². The zero-order valence-electron chi connectivity index (χ0n) is 15.7. The van der Waals surface area contributed by atoms with Gasteiger partial charge in [-0.1, -0.05) is 24.3 Å². The highest BCUT2D eigenvalue weighted by Gasteiger charge is 2.06. The molecule has 0 spiro atoms. The van der Waals surface area contributed by atoms with E-state index >= 15 is 0 Å². The fourth-order valence-electron chi connectivity index (χ4n) is 2.69. The van der Waals surface area contributed by atoms with Gasteiger partial charge in [0, 0.05) is 24.0 Å². The molecule has 0 aliphatic rings. The molecule has 3 rings (SSSR count). The standard InChI is InChI=1S/C22H21N3O3/c1-23-21(26)16-8-12-19(13-9-16)25-22(27)24-18-10-6-15(7-11-18)17-4-3-5-20(14-17)28-2/h3-14H,1-2H3,(H,23,26)(H2,24,25,27). The number of hydrogen-bond acceptors (Lipinski definition) is 3. The van der Waals surface area contributed by atoms with E-state index in [9.17, 15) is 9.59 Å². The summed E-state index contributed by atoms with van der Waals surface area (Å²) in [5.41, 5.74) is 3.85. The Bertz CT molecular complexity index is 967. The molecule has 6 heteroatoms. The molecule has 0 atom stereocenters. The van der Waals surface area contributed by atoms with Crippen molar-refractivity contribution in [3.63, 3.8) is 0 Å². The van der Waals surface area contributed by atoms with Crippen molar-refractivity contribution in [3.8, 4) is 16.9 Å². The van der Waals surface area contributed by atoms with E-state index in [1.807, 2.05) is 48.5 Å². The van der Waals surface area contributed by atoms with Crippen molar-refractivity contribution in [2.24, 2.45) is 0 Å². The Balaban J connectivity index is 1.62. The predicted molar refractivity (Wildman–Crippen MR) is 111 cm³/mol. The van der Waals surface area contributed by atoms with E-state index in [0.717, 1.165) is 16.9 Å². The van der Waals surface area contributed by atoms with Crippen molar-refractivity contribution in [2.75, 3.05) is 24.8 Å². The number of methoxy groups -OCH3 is 1. The maximum atomic E-state index is 12.2. The smallest absolute Gasteiger partial charge is 0.323 e. The largest absolute Gasteiger partial charge is 0.497 e. The van der Waals surface area contributed by atoms with Crippen molar-refractivity contribution in [1.29, 1.82) is 0 Å². The molecule has 0 aromatic heterocycles. The monoisotopic (exact) mass is 375 g/mol. The normalized spacial score (nSPS) is 10.1. The quantitative estimate of drug-likeness (QED) is 0.620. The minimum atomic E-state index is -0.359. The van der Waals surface area contributed by atoms with Gasteiger partial charge in [-0.05, 0) is 59.7 Å². The number of carbonyl (C=O) groups is 2. The van der Waals surface area contributed by atoms with Crippen LogP contribution < -0.4 is 20.7 Å². The summed E-state index contributed by atoms with van der Waals surface area (Å²) in [4.78, 5) is 23.7. The number of ether oxygens (including phenoxy) is 1. The van der Waals surface area contributed by atoms with E-state index in [4.69, 9.17) is 4.74 Å². The maximum Gasteiger partial charge on any atom is 0.323 e. The molecule has 0 aliphatic carbocycles. The van der Waals surface area contributed by atoms with Gasteiger partial charge in [0.2, 0.25) is 0 Å². The van der Waals surface area contributed by atoms with Crippen LogP contribution in [0.4, 0.5) is 16.2 Å². The number of nitrogens with one attached hydrogen (secondary N) is 3. The molecule has 3 aromatic carbocycles. The van der Waals surface area contributed by atoms with E-state index in [1.54, 1.807) is 38.4 Å². The first-order chi connectivity index (χ1) is 13.6. The first-order valence-electron chi connectivity index (χ1n) is 8.73. The molecule has 0 radical (unpaired) electrons. The van der Waals surface area contributed by atoms with Crippen LogP contribution >= 0.6 is 0 Å². The third-order valence-electron chi connectivity index (χ3n) is 4.18. The number of urea groups is 1. The summed E-state index contributed by atoms with van der Waals surface area (Å²) in [5.74, 6) is 0.619. The minimum Gasteiger partial charge on any atom is -0.497 e. The molecule has 6 nitrogen and oxygen atoms in total. The Labute approximate surface area is 163 Å². The third-order valence-corrected chi connectivity index (χ3v) is 4.18. The van der Waals surface area contributed by atoms with Crippen LogP contribution in [0.3, 0.4) is 0 Å². The molecule has 28 heavy (non-hydrogen) atoms. The SMILES string of the molecule is CNC(=O)c1ccc(NC(=O)Nc2ccc(-c3cccc(OC)c3)cc2)cc1. The fourth-order valence-corrected chi connectivity index (χ4v) is 2.69. The summed E-state index contributed by atoms with van der Waals surface area (Å²) >= 11 is 0. The molecule has 0 saturated carbocycles. The molecule has 0 unspecified atom stereocenters. The summed E-state index contributed by atoms with van der Waals surface area (Å²) in [6, 6.07) is 21.6. The molecule has 0 bridgehead atoms. The Morgan fingerprint density at radius 1 is 0.786 bits per heavy atom. The van der Waals surface area contributed by atoms with Crippen molar-refractivity contribution in [3.05, 3.63) is 78.4 Å². The van der Waals surface area contributed by atoms with Gasteiger partial charge in [-0.3, -0.25) is 4.79 Å². The molecule has 3 amide bonds. The summed E-state index contributed by atoms with van der Waals surface area (Å²) < 4.78 is 5.25. The zero-order valence-corrected chi connectivity index (χ0v) is 15.7. The molecular formula is C22H21N3O3. The summed E-state index contributed by atoms with van der Waals surface area (Å²) in [7, 11) is 3.21. The predicted octanol–water partition coefficient (Wildman–Crippen LogP) is 4.37. The number of rotatable bonds is 5. The lowest BCUT2D eigenvalue weighted by Gasteiger charge is -2.09. The summed E-state index contributed by atoms with van der Waals surface area (Å²) in [6.45, 7) is 0. The Morgan fingerprint density at radius 3 is 1.96 bits per heavy atom. The molecule has 0 saturated heterocycles. The zero-order chi connectivity index (χ0) is 19.9. The highest BCUT2D eigenvalue weighted by Crippen LogP contribution is 2.25. The van der Waals surface area contributed by atoms with Gasteiger partial charge in [0.25, 0.3) is 5.91 Å². The van der Waals surface area contributed by atoms with Gasteiger partial charge in [-0.25, -0.2) is 4.79 Å². The van der Waals surface area contributed by atoms with Gasteiger partial charge in [0.1, 0.15) is 5.75 Å². The molecular weight excluding hydrogens is 354 g/mol. The van der Waals surface area contributed by atoms with Crippen LogP contribution in [-0.4, -0.2) is 26.1 Å². The second-order valence-corrected chi connectivity index (χ2v) is 6.04. The molecule has 3 N–H and O–H groups in total. The lowest BCUT2D eigenvalue weighted by atomic mass is 10.1. The topological polar surface area (TPSA) is 79.5 Å². The van der Waals surface area contributed by atoms with E-state index in [1.165, 1.54) is 0 Å². The van der Waals surface area contributed by atoms with Crippen molar-refractivity contribution in [1.82, 2.24) is 5.32 Å². The average molecular weight is 375 g/mol. The Kier molecular flexibility index (Phi) is 5.91. The maximum absolute atomic E-state index is 12.2. The highest BCUT2D eigenvalue weighted by atomic mass is 16.5. The van der Waals surface area contributed by atoms with Crippen LogP contribution in [-0.2, 0) is 0 Å². The van der Waals surface area contributed by atoms with Crippen molar-refractivity contribution in [2.45, 2.75) is 0 Å². The van der Waals surface area contributed by atoms with Gasteiger partial charge in [-0.2, -0.15) is 0 Å². The average Bonchev–Trinajstić information content (AvgIpc) is 2.74. The van der Waals surface area contributed by atoms with Gasteiger partial charge < -0.3 is 20.7 Å². The van der Waals surface area contributed by atoms with Gasteiger partial charge in [-0.15, -0.1) is 0 Å². The van der Waals surface area contributed by atoms with Gasteiger partial charge in [0.15, 0.2) is 0 Å². The highest BCUT2D eigenvalue weighted by molar-refractivity contribution is 6.00. The number of anilines is 2. The van der Waals surface area contributed by atoms with E-state index in [-0.39, 0.29) is 11.9 Å². The first-order valence-corrected chi connectivity index (χ1v) is 8.73. The lowest BCUT2D eigenvalue weighted by molar-refractivity contribution is 0.0963. The molecule has 0 fully saturated rings. The number of amides is 3. The second-order valence-electron chi connectivity index (χ2n) is 6.04. The third kappa shape index (κ3) is 4.67. The minimum absolute atomic E-state index is 0.174. The van der Waals surface area contributed by atoms with Crippen molar-refractivity contribution >= 4 is 23.3 Å². The molecule has 0 heterocycles. The van der Waals surface area contributed by atoms with E-state index in [2.05, 4.69) is 16.0 Å². The van der Waals surface area contributed by atoms with Crippen LogP contribution in [0.2, 0.25) is 0 Å². The second kappa shape index (κ2) is 8.73. The summed E-state index contributed by atoms with van der Waals surface area (Å²) in [6.07, 6.45) is 0. The first kappa shape index (κ1) is 19.0. The fraction of sp³-hybridized carbons (Fsp3) is 0.0909. The van der Waals surface area contributed by atoms with E-state index in [0.29, 0.717) is 16.9 Å².